The van der Waals surface area contributed by atoms with E-state index in [0.29, 0.717) is 21.5 Å². The first-order valence-electron chi connectivity index (χ1n) is 5.25. The van der Waals surface area contributed by atoms with E-state index in [1.54, 1.807) is 42.1 Å². The van der Waals surface area contributed by atoms with E-state index in [0.717, 1.165) is 0 Å². The van der Waals surface area contributed by atoms with Crippen LogP contribution >= 0.6 is 35.0 Å². The van der Waals surface area contributed by atoms with E-state index in [2.05, 4.69) is 0 Å². The Kier molecular flexibility index (Phi) is 7.02. The predicted molar refractivity (Wildman–Crippen MR) is 82.4 cm³/mol. The van der Waals surface area contributed by atoms with Crippen molar-refractivity contribution in [3.05, 3.63) is 58.6 Å². The summed E-state index contributed by atoms with van der Waals surface area (Å²) in [6, 6.07) is 14.5. The molecule has 0 aliphatic heterocycles. The minimum Gasteiger partial charge on any atom is -0.456 e. The molecular weight excluding hydrogens is 287 g/mol. The van der Waals surface area contributed by atoms with Gasteiger partial charge in [-0.1, -0.05) is 35.3 Å². The molecule has 0 unspecified atom stereocenters. The Morgan fingerprint density at radius 2 is 1.44 bits per heavy atom. The molecule has 4 heteroatoms. The topological polar surface area (TPSA) is 9.23 Å². The molecule has 0 aliphatic carbocycles. The van der Waals surface area contributed by atoms with Crippen LogP contribution < -0.4 is 4.74 Å². The Labute approximate surface area is 122 Å². The van der Waals surface area contributed by atoms with Crippen molar-refractivity contribution in [1.29, 1.82) is 0 Å². The molecule has 96 valence electrons. The van der Waals surface area contributed by atoms with Gasteiger partial charge in [0.1, 0.15) is 11.5 Å². The second-order valence-corrected chi connectivity index (χ2v) is 5.05. The largest absolute Gasteiger partial charge is 0.456 e. The Morgan fingerprint density at radius 1 is 0.889 bits per heavy atom. The van der Waals surface area contributed by atoms with Gasteiger partial charge in [-0.3, -0.25) is 0 Å². The number of hydrogen-bond donors (Lipinski definition) is 0. The van der Waals surface area contributed by atoms with E-state index in [4.69, 9.17) is 27.9 Å². The Morgan fingerprint density at radius 3 is 2.00 bits per heavy atom. The van der Waals surface area contributed by atoms with Gasteiger partial charge >= 0.3 is 0 Å². The Balaban J connectivity index is 0.000000492. The highest BCUT2D eigenvalue weighted by Gasteiger charge is 2.01. The lowest BCUT2D eigenvalue weighted by molar-refractivity contribution is 0.483. The van der Waals surface area contributed by atoms with Crippen LogP contribution in [-0.4, -0.2) is 12.5 Å². The fourth-order valence-corrected chi connectivity index (χ4v) is 1.46. The van der Waals surface area contributed by atoms with Gasteiger partial charge in [0.2, 0.25) is 0 Å². The van der Waals surface area contributed by atoms with Crippen molar-refractivity contribution in [2.75, 3.05) is 12.5 Å². The van der Waals surface area contributed by atoms with E-state index in [9.17, 15) is 0 Å². The van der Waals surface area contributed by atoms with Crippen molar-refractivity contribution in [3.63, 3.8) is 0 Å². The van der Waals surface area contributed by atoms with Crippen LogP contribution in [0.2, 0.25) is 10.0 Å². The first-order chi connectivity index (χ1) is 8.67. The molecule has 18 heavy (non-hydrogen) atoms. The van der Waals surface area contributed by atoms with Crippen LogP contribution in [-0.2, 0) is 0 Å². The minimum absolute atomic E-state index is 0.590. The summed E-state index contributed by atoms with van der Waals surface area (Å²) >= 11 is 13.5. The van der Waals surface area contributed by atoms with Crippen molar-refractivity contribution in [1.82, 2.24) is 0 Å². The van der Waals surface area contributed by atoms with Crippen molar-refractivity contribution in [2.45, 2.75) is 0 Å². The van der Waals surface area contributed by atoms with Gasteiger partial charge < -0.3 is 4.74 Å². The lowest BCUT2D eigenvalue weighted by Crippen LogP contribution is -1.84. The lowest BCUT2D eigenvalue weighted by atomic mass is 10.3. The van der Waals surface area contributed by atoms with Crippen molar-refractivity contribution >= 4 is 35.0 Å². The summed E-state index contributed by atoms with van der Waals surface area (Å²) < 4.78 is 5.57. The third kappa shape index (κ3) is 5.21. The molecule has 0 radical (unpaired) electrons. The Hall–Kier alpha value is -0.830. The van der Waals surface area contributed by atoms with Crippen molar-refractivity contribution < 1.29 is 4.74 Å². The second kappa shape index (κ2) is 8.30. The molecule has 2 aromatic carbocycles. The molecule has 0 saturated heterocycles. The van der Waals surface area contributed by atoms with Crippen LogP contribution in [0.3, 0.4) is 0 Å². The molecule has 2 aromatic rings. The first kappa shape index (κ1) is 15.2. The highest BCUT2D eigenvalue weighted by atomic mass is 35.5. The molecule has 0 spiro atoms. The summed E-state index contributed by atoms with van der Waals surface area (Å²) in [7, 11) is 0. The third-order valence-corrected chi connectivity index (χ3v) is 2.44. The molecule has 0 aliphatic rings. The van der Waals surface area contributed by atoms with Gasteiger partial charge in [-0.05, 0) is 48.9 Å². The molecule has 0 aromatic heterocycles. The maximum atomic E-state index is 5.95. The van der Waals surface area contributed by atoms with Crippen LogP contribution in [0.15, 0.2) is 48.5 Å². The maximum absolute atomic E-state index is 5.95. The normalized spacial score (nSPS) is 9.33. The standard InChI is InChI=1S/C12H8Cl2O.C2H6S/c13-9-5-7-10(8-6-9)15-12-4-2-1-3-11(12)14;1-3-2/h1-8H;1-2H3. The van der Waals surface area contributed by atoms with E-state index >= 15 is 0 Å². The molecule has 1 nitrogen and oxygen atoms in total. The van der Waals surface area contributed by atoms with Crippen molar-refractivity contribution in [2.24, 2.45) is 0 Å². The predicted octanol–water partition coefficient (Wildman–Crippen LogP) is 5.76. The number of rotatable bonds is 2. The van der Waals surface area contributed by atoms with Crippen LogP contribution in [0, 0.1) is 0 Å². The average molecular weight is 301 g/mol. The number of halogens is 2. The van der Waals surface area contributed by atoms with Crippen LogP contribution in [0.25, 0.3) is 0 Å². The summed E-state index contributed by atoms with van der Waals surface area (Å²) in [5, 5.41) is 1.27. The number of hydrogen-bond acceptors (Lipinski definition) is 2. The third-order valence-electron chi connectivity index (χ3n) is 1.88. The van der Waals surface area contributed by atoms with Gasteiger partial charge in [0.25, 0.3) is 0 Å². The monoisotopic (exact) mass is 300 g/mol. The first-order valence-corrected chi connectivity index (χ1v) is 7.64. The number of benzene rings is 2. The molecule has 0 amide bonds. The van der Waals surface area contributed by atoms with Crippen molar-refractivity contribution in [3.8, 4) is 11.5 Å². The molecule has 2 rings (SSSR count). The highest BCUT2D eigenvalue weighted by molar-refractivity contribution is 7.97. The highest BCUT2D eigenvalue weighted by Crippen LogP contribution is 2.29. The second-order valence-electron chi connectivity index (χ2n) is 3.39. The van der Waals surface area contributed by atoms with E-state index < -0.39 is 0 Å². The van der Waals surface area contributed by atoms with Gasteiger partial charge in [0.15, 0.2) is 0 Å². The smallest absolute Gasteiger partial charge is 0.146 e. The minimum atomic E-state index is 0.590. The SMILES string of the molecule is CSC.Clc1ccc(Oc2ccccc2Cl)cc1. The summed E-state index contributed by atoms with van der Waals surface area (Å²) in [5.41, 5.74) is 0. The molecule has 0 N–H and O–H groups in total. The van der Waals surface area contributed by atoms with Gasteiger partial charge in [0, 0.05) is 5.02 Å². The average Bonchev–Trinajstić information content (AvgIpc) is 2.36. The summed E-state index contributed by atoms with van der Waals surface area (Å²) in [6.07, 6.45) is 4.08. The fourth-order valence-electron chi connectivity index (χ4n) is 1.16. The lowest BCUT2D eigenvalue weighted by Gasteiger charge is -2.06. The van der Waals surface area contributed by atoms with Crippen LogP contribution in [0.1, 0.15) is 0 Å². The molecule has 0 bridgehead atoms. The summed E-state index contributed by atoms with van der Waals surface area (Å²) in [5.74, 6) is 1.36. The molecule has 0 fully saturated rings. The molecule has 0 saturated carbocycles. The van der Waals surface area contributed by atoms with Gasteiger partial charge in [-0.2, -0.15) is 11.8 Å². The number of thioether (sulfide) groups is 1. The maximum Gasteiger partial charge on any atom is 0.146 e. The summed E-state index contributed by atoms with van der Waals surface area (Å²) in [4.78, 5) is 0. The van der Waals surface area contributed by atoms with Gasteiger partial charge in [-0.25, -0.2) is 0 Å². The summed E-state index contributed by atoms with van der Waals surface area (Å²) in [6.45, 7) is 0. The van der Waals surface area contributed by atoms with E-state index in [1.165, 1.54) is 0 Å². The molecule has 0 heterocycles. The quantitative estimate of drug-likeness (QED) is 0.697. The van der Waals surface area contributed by atoms with Crippen LogP contribution in [0.4, 0.5) is 0 Å². The number of ether oxygens (including phenoxy) is 1. The zero-order chi connectivity index (χ0) is 13.4. The number of para-hydroxylation sites is 1. The van der Waals surface area contributed by atoms with Gasteiger partial charge in [0.05, 0.1) is 5.02 Å². The zero-order valence-electron chi connectivity index (χ0n) is 10.2. The zero-order valence-corrected chi connectivity index (χ0v) is 12.5. The van der Waals surface area contributed by atoms with Gasteiger partial charge in [-0.15, -0.1) is 0 Å². The Bertz CT molecular complexity index is 471. The van der Waals surface area contributed by atoms with Crippen LogP contribution in [0.5, 0.6) is 11.5 Å². The molecule has 0 atom stereocenters. The van der Waals surface area contributed by atoms with E-state index in [1.807, 2.05) is 30.7 Å². The molecular formula is C14H14Cl2OS. The fraction of sp³-hybridized carbons (Fsp3) is 0.143. The van der Waals surface area contributed by atoms with E-state index in [-0.39, 0.29) is 0 Å².